The van der Waals surface area contributed by atoms with E-state index < -0.39 is 0 Å². The zero-order valence-electron chi connectivity index (χ0n) is 6.20. The number of nitrogens with two attached hydrogens (primary N) is 1. The minimum atomic E-state index is 0.979. The summed E-state index contributed by atoms with van der Waals surface area (Å²) in [6, 6.07) is 7.95. The van der Waals surface area contributed by atoms with Crippen molar-refractivity contribution < 1.29 is 0 Å². The van der Waals surface area contributed by atoms with E-state index in [4.69, 9.17) is 5.84 Å². The van der Waals surface area contributed by atoms with Crippen LogP contribution in [0.2, 0.25) is 0 Å². The van der Waals surface area contributed by atoms with Crippen LogP contribution in [-0.4, -0.2) is 6.26 Å². The van der Waals surface area contributed by atoms with Crippen molar-refractivity contribution in [2.45, 2.75) is 4.90 Å². The summed E-state index contributed by atoms with van der Waals surface area (Å²) in [5, 5.41) is 0. The quantitative estimate of drug-likeness (QED) is 0.432. The Morgan fingerprint density at radius 2 is 2.09 bits per heavy atom. The maximum absolute atomic E-state index is 5.31. The number of benzene rings is 1. The van der Waals surface area contributed by atoms with Gasteiger partial charge in [0, 0.05) is 4.90 Å². The molecule has 0 unspecified atom stereocenters. The minimum Gasteiger partial charge on any atom is -0.323 e. The van der Waals surface area contributed by atoms with E-state index in [9.17, 15) is 0 Å². The summed E-state index contributed by atoms with van der Waals surface area (Å²) in [5.74, 6) is 5.31. The molecule has 0 spiro atoms. The van der Waals surface area contributed by atoms with Gasteiger partial charge in [-0.15, -0.1) is 0 Å². The van der Waals surface area contributed by atoms with Crippen molar-refractivity contribution in [3.05, 3.63) is 24.3 Å². The van der Waals surface area contributed by atoms with Crippen LogP contribution in [0.5, 0.6) is 0 Å². The van der Waals surface area contributed by atoms with Gasteiger partial charge in [-0.3, -0.25) is 5.84 Å². The van der Waals surface area contributed by atoms with Crippen LogP contribution in [-0.2, 0) is 0 Å². The normalized spacial score (nSPS) is 9.64. The third-order valence-corrected chi connectivity index (χ3v) is 2.96. The van der Waals surface area contributed by atoms with Crippen LogP contribution in [0.3, 0.4) is 0 Å². The number of nitrogen functional groups attached to an aromatic ring is 1. The van der Waals surface area contributed by atoms with E-state index in [1.807, 2.05) is 30.5 Å². The molecule has 60 valence electrons. The fourth-order valence-corrected chi connectivity index (χ4v) is 2.25. The standard InChI is InChI=1S/C7H10N2S2/c1-10-11-7-5-3-2-4-6(7)9-8/h2-5,9H,8H2,1H3. The molecule has 0 radical (unpaired) electrons. The highest BCUT2D eigenvalue weighted by Gasteiger charge is 1.97. The largest absolute Gasteiger partial charge is 0.323 e. The van der Waals surface area contributed by atoms with E-state index in [-0.39, 0.29) is 0 Å². The molecule has 0 aliphatic heterocycles. The van der Waals surface area contributed by atoms with Crippen LogP contribution in [0.4, 0.5) is 5.69 Å². The molecular formula is C7H10N2S2. The first-order chi connectivity index (χ1) is 5.38. The first-order valence-corrected chi connectivity index (χ1v) is 5.70. The molecule has 0 aromatic heterocycles. The summed E-state index contributed by atoms with van der Waals surface area (Å²) in [5.41, 5.74) is 3.62. The summed E-state index contributed by atoms with van der Waals surface area (Å²) in [7, 11) is 3.41. The molecule has 1 aromatic carbocycles. The van der Waals surface area contributed by atoms with Gasteiger partial charge in [-0.1, -0.05) is 33.7 Å². The van der Waals surface area contributed by atoms with Crippen molar-refractivity contribution >= 4 is 27.3 Å². The van der Waals surface area contributed by atoms with Gasteiger partial charge in [0.05, 0.1) is 5.69 Å². The molecule has 0 amide bonds. The Morgan fingerprint density at radius 1 is 1.36 bits per heavy atom. The maximum atomic E-state index is 5.31. The lowest BCUT2D eigenvalue weighted by Crippen LogP contribution is -2.07. The van der Waals surface area contributed by atoms with Crippen molar-refractivity contribution in [3.8, 4) is 0 Å². The van der Waals surface area contributed by atoms with Gasteiger partial charge in [0.15, 0.2) is 0 Å². The highest BCUT2D eigenvalue weighted by molar-refractivity contribution is 8.76. The van der Waals surface area contributed by atoms with Crippen LogP contribution in [0, 0.1) is 0 Å². The molecule has 0 aliphatic carbocycles. The number of hydrazine groups is 1. The molecule has 0 saturated heterocycles. The summed E-state index contributed by atoms with van der Waals surface area (Å²) in [4.78, 5) is 1.17. The number of rotatable bonds is 3. The lowest BCUT2D eigenvalue weighted by Gasteiger charge is -2.04. The highest BCUT2D eigenvalue weighted by atomic mass is 33.1. The molecule has 0 atom stereocenters. The molecular weight excluding hydrogens is 176 g/mol. The fourth-order valence-electron chi connectivity index (χ4n) is 0.748. The summed E-state index contributed by atoms with van der Waals surface area (Å²) in [6.07, 6.45) is 2.04. The van der Waals surface area contributed by atoms with E-state index >= 15 is 0 Å². The number of nitrogens with one attached hydrogen (secondary N) is 1. The average molecular weight is 186 g/mol. The molecule has 0 aliphatic rings. The molecule has 0 bridgehead atoms. The van der Waals surface area contributed by atoms with E-state index in [1.54, 1.807) is 21.6 Å². The summed E-state index contributed by atoms with van der Waals surface area (Å²) < 4.78 is 0. The van der Waals surface area contributed by atoms with Crippen molar-refractivity contribution in [2.24, 2.45) is 5.84 Å². The summed E-state index contributed by atoms with van der Waals surface area (Å²) >= 11 is 0. The monoisotopic (exact) mass is 186 g/mol. The van der Waals surface area contributed by atoms with Crippen molar-refractivity contribution in [2.75, 3.05) is 11.7 Å². The van der Waals surface area contributed by atoms with Crippen molar-refractivity contribution in [3.63, 3.8) is 0 Å². The van der Waals surface area contributed by atoms with Gasteiger partial charge in [-0.25, -0.2) is 0 Å². The average Bonchev–Trinajstić information content (AvgIpc) is 2.06. The van der Waals surface area contributed by atoms with E-state index in [2.05, 4.69) is 5.43 Å². The molecule has 1 rings (SSSR count). The second-order valence-electron chi connectivity index (χ2n) is 1.89. The Hall–Kier alpha value is -0.320. The van der Waals surface area contributed by atoms with Crippen LogP contribution < -0.4 is 11.3 Å². The molecule has 11 heavy (non-hydrogen) atoms. The molecule has 0 heterocycles. The SMILES string of the molecule is CSSc1ccccc1NN. The Balaban J connectivity index is 2.83. The predicted molar refractivity (Wildman–Crippen MR) is 53.6 cm³/mol. The van der Waals surface area contributed by atoms with Crippen LogP contribution in [0.25, 0.3) is 0 Å². The maximum Gasteiger partial charge on any atom is 0.0629 e. The van der Waals surface area contributed by atoms with Gasteiger partial charge in [0.1, 0.15) is 0 Å². The number of anilines is 1. The third kappa shape index (κ3) is 2.32. The Morgan fingerprint density at radius 3 is 2.73 bits per heavy atom. The van der Waals surface area contributed by atoms with Gasteiger partial charge in [-0.05, 0) is 18.4 Å². The highest BCUT2D eigenvalue weighted by Crippen LogP contribution is 2.33. The first-order valence-electron chi connectivity index (χ1n) is 3.15. The third-order valence-electron chi connectivity index (χ3n) is 1.22. The number of hydrogen-bond acceptors (Lipinski definition) is 4. The van der Waals surface area contributed by atoms with E-state index in [1.165, 1.54) is 4.90 Å². The predicted octanol–water partition coefficient (Wildman–Crippen LogP) is 2.34. The van der Waals surface area contributed by atoms with Crippen LogP contribution in [0.15, 0.2) is 29.2 Å². The summed E-state index contributed by atoms with van der Waals surface area (Å²) in [6.45, 7) is 0. The first kappa shape index (κ1) is 8.77. The zero-order valence-corrected chi connectivity index (χ0v) is 7.84. The Kier molecular flexibility index (Phi) is 3.62. The van der Waals surface area contributed by atoms with E-state index in [0.717, 1.165) is 5.69 Å². The molecule has 2 nitrogen and oxygen atoms in total. The molecule has 0 saturated carbocycles. The smallest absolute Gasteiger partial charge is 0.0629 e. The lowest BCUT2D eigenvalue weighted by atomic mass is 10.3. The number of para-hydroxylation sites is 1. The Bertz CT molecular complexity index is 227. The van der Waals surface area contributed by atoms with Gasteiger partial charge in [0.2, 0.25) is 0 Å². The lowest BCUT2D eigenvalue weighted by molar-refractivity contribution is 1.29. The Labute approximate surface area is 74.3 Å². The van der Waals surface area contributed by atoms with Gasteiger partial charge < -0.3 is 5.43 Å². The molecule has 4 heteroatoms. The van der Waals surface area contributed by atoms with Gasteiger partial charge >= 0.3 is 0 Å². The van der Waals surface area contributed by atoms with Crippen LogP contribution >= 0.6 is 21.6 Å². The second kappa shape index (κ2) is 4.54. The van der Waals surface area contributed by atoms with Crippen molar-refractivity contribution in [1.29, 1.82) is 0 Å². The molecule has 3 N–H and O–H groups in total. The van der Waals surface area contributed by atoms with Gasteiger partial charge in [-0.2, -0.15) is 0 Å². The van der Waals surface area contributed by atoms with Gasteiger partial charge in [0.25, 0.3) is 0 Å². The topological polar surface area (TPSA) is 38.0 Å². The van der Waals surface area contributed by atoms with Crippen LogP contribution in [0.1, 0.15) is 0 Å². The number of hydrogen-bond donors (Lipinski definition) is 2. The fraction of sp³-hybridized carbons (Fsp3) is 0.143. The zero-order chi connectivity index (χ0) is 8.10. The van der Waals surface area contributed by atoms with Crippen molar-refractivity contribution in [1.82, 2.24) is 0 Å². The molecule has 0 fully saturated rings. The minimum absolute atomic E-state index is 0.979. The van der Waals surface area contributed by atoms with E-state index in [0.29, 0.717) is 0 Å². The second-order valence-corrected chi connectivity index (χ2v) is 4.33. The molecule has 1 aromatic rings.